The lowest BCUT2D eigenvalue weighted by Gasteiger charge is -2.35. The third-order valence-corrected chi connectivity index (χ3v) is 3.96. The SMILES string of the molecule is O=C(NC1CCCN(c2ncccc2C(F)(F)F)C1)c1ccncn1. The first-order valence-corrected chi connectivity index (χ1v) is 7.79. The second-order valence-corrected chi connectivity index (χ2v) is 5.73. The van der Waals surface area contributed by atoms with E-state index in [0.717, 1.165) is 6.07 Å². The van der Waals surface area contributed by atoms with Crippen LogP contribution in [0.1, 0.15) is 28.9 Å². The van der Waals surface area contributed by atoms with Crippen molar-refractivity contribution in [2.75, 3.05) is 18.0 Å². The zero-order chi connectivity index (χ0) is 17.9. The second-order valence-electron chi connectivity index (χ2n) is 5.73. The Labute approximate surface area is 142 Å². The topological polar surface area (TPSA) is 71.0 Å². The van der Waals surface area contributed by atoms with Crippen molar-refractivity contribution in [3.63, 3.8) is 0 Å². The van der Waals surface area contributed by atoms with Gasteiger partial charge in [0.05, 0.1) is 5.56 Å². The van der Waals surface area contributed by atoms with Gasteiger partial charge in [0.15, 0.2) is 0 Å². The van der Waals surface area contributed by atoms with Crippen molar-refractivity contribution in [1.82, 2.24) is 20.3 Å². The molecule has 1 atom stereocenters. The largest absolute Gasteiger partial charge is 0.419 e. The van der Waals surface area contributed by atoms with Crippen molar-refractivity contribution in [3.05, 3.63) is 48.2 Å². The van der Waals surface area contributed by atoms with Gasteiger partial charge in [-0.2, -0.15) is 13.2 Å². The van der Waals surface area contributed by atoms with E-state index < -0.39 is 11.7 Å². The fourth-order valence-corrected chi connectivity index (χ4v) is 2.84. The summed E-state index contributed by atoms with van der Waals surface area (Å²) < 4.78 is 39.5. The number of anilines is 1. The molecule has 0 saturated carbocycles. The Morgan fingerprint density at radius 3 is 2.80 bits per heavy atom. The molecular formula is C16H16F3N5O. The van der Waals surface area contributed by atoms with E-state index in [9.17, 15) is 18.0 Å². The number of aromatic nitrogens is 3. The molecule has 2 aromatic heterocycles. The molecule has 1 saturated heterocycles. The fraction of sp³-hybridized carbons (Fsp3) is 0.375. The van der Waals surface area contributed by atoms with Gasteiger partial charge in [0.25, 0.3) is 5.91 Å². The number of alkyl halides is 3. The average Bonchev–Trinajstić information content (AvgIpc) is 2.62. The molecule has 3 rings (SSSR count). The average molecular weight is 351 g/mol. The molecule has 0 aliphatic carbocycles. The molecule has 9 heteroatoms. The summed E-state index contributed by atoms with van der Waals surface area (Å²) in [4.78, 5) is 25.3. The van der Waals surface area contributed by atoms with Crippen LogP contribution in [-0.2, 0) is 6.18 Å². The minimum absolute atomic E-state index is 0.101. The standard InChI is InChI=1S/C16H16F3N5O/c17-16(18,19)12-4-1-6-21-14(12)24-8-2-3-11(9-24)23-15(25)13-5-7-20-10-22-13/h1,4-7,10-11H,2-3,8-9H2,(H,23,25). The van der Waals surface area contributed by atoms with Gasteiger partial charge < -0.3 is 10.2 Å². The highest BCUT2D eigenvalue weighted by atomic mass is 19.4. The van der Waals surface area contributed by atoms with Crippen LogP contribution in [-0.4, -0.2) is 40.0 Å². The van der Waals surface area contributed by atoms with Gasteiger partial charge in [0, 0.05) is 31.5 Å². The molecule has 0 spiro atoms. The molecule has 2 aromatic rings. The molecule has 0 bridgehead atoms. The van der Waals surface area contributed by atoms with E-state index in [1.807, 2.05) is 0 Å². The predicted octanol–water partition coefficient (Wildman–Crippen LogP) is 2.29. The van der Waals surface area contributed by atoms with Crippen LogP contribution in [0.4, 0.5) is 19.0 Å². The van der Waals surface area contributed by atoms with Gasteiger partial charge in [-0.3, -0.25) is 4.79 Å². The molecule has 132 valence electrons. The summed E-state index contributed by atoms with van der Waals surface area (Å²) in [5.41, 5.74) is -0.543. The number of carbonyl (C=O) groups is 1. The lowest BCUT2D eigenvalue weighted by Crippen LogP contribution is -2.48. The van der Waals surface area contributed by atoms with Gasteiger partial charge >= 0.3 is 6.18 Å². The van der Waals surface area contributed by atoms with E-state index >= 15 is 0 Å². The van der Waals surface area contributed by atoms with Crippen LogP contribution in [0, 0.1) is 0 Å². The minimum Gasteiger partial charge on any atom is -0.354 e. The Bertz CT molecular complexity index is 738. The number of hydrogen-bond acceptors (Lipinski definition) is 5. The molecule has 1 unspecified atom stereocenters. The van der Waals surface area contributed by atoms with Crippen LogP contribution < -0.4 is 10.2 Å². The zero-order valence-electron chi connectivity index (χ0n) is 13.2. The third kappa shape index (κ3) is 4.04. The number of nitrogens with zero attached hydrogens (tertiary/aromatic N) is 4. The molecular weight excluding hydrogens is 335 g/mol. The quantitative estimate of drug-likeness (QED) is 0.919. The molecule has 1 N–H and O–H groups in total. The van der Waals surface area contributed by atoms with Crippen molar-refractivity contribution >= 4 is 11.7 Å². The van der Waals surface area contributed by atoms with Gasteiger partial charge in [-0.05, 0) is 31.0 Å². The summed E-state index contributed by atoms with van der Waals surface area (Å²) in [5, 5.41) is 2.81. The van der Waals surface area contributed by atoms with Gasteiger partial charge in [-0.1, -0.05) is 0 Å². The van der Waals surface area contributed by atoms with Crippen molar-refractivity contribution in [2.45, 2.75) is 25.1 Å². The summed E-state index contributed by atoms with van der Waals surface area (Å²) in [5.74, 6) is -0.470. The predicted molar refractivity (Wildman–Crippen MR) is 84.0 cm³/mol. The van der Waals surface area contributed by atoms with Crippen LogP contribution in [0.2, 0.25) is 0 Å². The number of rotatable bonds is 3. The first-order valence-electron chi connectivity index (χ1n) is 7.79. The first-order chi connectivity index (χ1) is 11.9. The minimum atomic E-state index is -4.47. The van der Waals surface area contributed by atoms with Gasteiger partial charge in [0.2, 0.25) is 0 Å². The lowest BCUT2D eigenvalue weighted by molar-refractivity contribution is -0.137. The maximum absolute atomic E-state index is 13.2. The highest BCUT2D eigenvalue weighted by Crippen LogP contribution is 2.35. The van der Waals surface area contributed by atoms with E-state index in [1.165, 1.54) is 30.9 Å². The van der Waals surface area contributed by atoms with Gasteiger partial charge in [-0.25, -0.2) is 15.0 Å². The number of amides is 1. The summed E-state index contributed by atoms with van der Waals surface area (Å²) in [6.45, 7) is 0.719. The maximum atomic E-state index is 13.2. The van der Waals surface area contributed by atoms with Gasteiger partial charge in [0.1, 0.15) is 17.8 Å². The number of halogens is 3. The second kappa shape index (κ2) is 7.04. The Morgan fingerprint density at radius 2 is 2.08 bits per heavy atom. The third-order valence-electron chi connectivity index (χ3n) is 3.96. The molecule has 6 nitrogen and oxygen atoms in total. The number of hydrogen-bond donors (Lipinski definition) is 1. The summed E-state index contributed by atoms with van der Waals surface area (Å²) in [6.07, 6.45) is 0.933. The van der Waals surface area contributed by atoms with E-state index in [2.05, 4.69) is 20.3 Å². The first kappa shape index (κ1) is 17.1. The normalized spacial score (nSPS) is 18.0. The molecule has 1 aliphatic heterocycles. The molecule has 1 fully saturated rings. The van der Waals surface area contributed by atoms with Crippen molar-refractivity contribution < 1.29 is 18.0 Å². The zero-order valence-corrected chi connectivity index (χ0v) is 13.2. The summed E-state index contributed by atoms with van der Waals surface area (Å²) in [6, 6.07) is 3.49. The van der Waals surface area contributed by atoms with Crippen molar-refractivity contribution in [2.24, 2.45) is 0 Å². The van der Waals surface area contributed by atoms with E-state index in [4.69, 9.17) is 0 Å². The van der Waals surface area contributed by atoms with E-state index in [-0.39, 0.29) is 30.0 Å². The van der Waals surface area contributed by atoms with Crippen LogP contribution in [0.5, 0.6) is 0 Å². The Kier molecular flexibility index (Phi) is 4.82. The van der Waals surface area contributed by atoms with Crippen LogP contribution in [0.15, 0.2) is 36.9 Å². The molecule has 1 aliphatic rings. The molecule has 0 aromatic carbocycles. The lowest BCUT2D eigenvalue weighted by atomic mass is 10.0. The van der Waals surface area contributed by atoms with Crippen molar-refractivity contribution in [1.29, 1.82) is 0 Å². The summed E-state index contributed by atoms with van der Waals surface area (Å²) in [7, 11) is 0. The number of pyridine rings is 1. The maximum Gasteiger partial charge on any atom is 0.419 e. The number of piperidine rings is 1. The smallest absolute Gasteiger partial charge is 0.354 e. The number of nitrogens with one attached hydrogen (secondary N) is 1. The fourth-order valence-electron chi connectivity index (χ4n) is 2.84. The Balaban J connectivity index is 1.73. The Hall–Kier alpha value is -2.71. The number of carbonyl (C=O) groups excluding carboxylic acids is 1. The highest BCUT2D eigenvalue weighted by Gasteiger charge is 2.36. The van der Waals surface area contributed by atoms with Crippen molar-refractivity contribution in [3.8, 4) is 0 Å². The Morgan fingerprint density at radius 1 is 1.24 bits per heavy atom. The molecule has 3 heterocycles. The van der Waals surface area contributed by atoms with E-state index in [0.29, 0.717) is 19.4 Å². The van der Waals surface area contributed by atoms with E-state index in [1.54, 1.807) is 4.90 Å². The molecule has 0 radical (unpaired) electrons. The highest BCUT2D eigenvalue weighted by molar-refractivity contribution is 5.92. The van der Waals surface area contributed by atoms with Crippen LogP contribution in [0.3, 0.4) is 0 Å². The van der Waals surface area contributed by atoms with Crippen LogP contribution in [0.25, 0.3) is 0 Å². The molecule has 25 heavy (non-hydrogen) atoms. The monoisotopic (exact) mass is 351 g/mol. The van der Waals surface area contributed by atoms with Crippen LogP contribution >= 0.6 is 0 Å². The summed E-state index contributed by atoms with van der Waals surface area (Å²) >= 11 is 0. The van der Waals surface area contributed by atoms with Gasteiger partial charge in [-0.15, -0.1) is 0 Å². The molecule has 1 amide bonds.